The van der Waals surface area contributed by atoms with Gasteiger partial charge in [0.2, 0.25) is 23.1 Å². The fourth-order valence-corrected chi connectivity index (χ4v) is 6.58. The van der Waals surface area contributed by atoms with Gasteiger partial charge >= 0.3 is 29.8 Å². The first-order valence-electron chi connectivity index (χ1n) is 16.1. The Bertz CT molecular complexity index is 1440. The fraction of sp³-hybridized carbons (Fsp3) is 0.571. The maximum Gasteiger partial charge on any atom is 0.344 e. The zero-order valence-electron chi connectivity index (χ0n) is 28.2. The SMILES string of the molecule is C=[13C](C[13CH2][C@]12O[13C@H]([13C](=O)O)[13C@@](O)([13C](=O)O)[13C@](C(=O)O)(O1)[C@H](OC(=O)/[13CH]=C/[13C@H](C)C[13C@H](C)C[13CH3])[13C@H]2O)[C@@H](OC(C)=O)[13C@@H](C)Cc1ccccc1. The molecule has 2 heterocycles. The van der Waals surface area contributed by atoms with Crippen LogP contribution in [-0.4, -0.2) is 96.8 Å². The van der Waals surface area contributed by atoms with Crippen LogP contribution in [0.5, 0.6) is 0 Å². The van der Waals surface area contributed by atoms with Gasteiger partial charge in [0.25, 0.3) is 0 Å². The molecule has 10 atom stereocenters. The van der Waals surface area contributed by atoms with Gasteiger partial charge in [0.05, 0.1) is 0 Å². The Balaban J connectivity index is 2.02. The predicted molar refractivity (Wildman–Crippen MR) is 171 cm³/mol. The first kappa shape index (κ1) is 39.3. The zero-order valence-corrected chi connectivity index (χ0v) is 28.2. The number of fused-ring (bicyclic) bond motifs is 2. The molecular weight excluding hydrogens is 657 g/mol. The van der Waals surface area contributed by atoms with E-state index in [2.05, 4.69) is 6.58 Å². The summed E-state index contributed by atoms with van der Waals surface area (Å²) in [7, 11) is 0. The maximum absolute atomic E-state index is 13.0. The van der Waals surface area contributed by atoms with Crippen LogP contribution in [0.2, 0.25) is 0 Å². The molecule has 0 aliphatic carbocycles. The van der Waals surface area contributed by atoms with E-state index in [0.29, 0.717) is 18.8 Å². The molecule has 0 saturated carbocycles. The lowest BCUT2D eigenvalue weighted by molar-refractivity contribution is -0.374. The summed E-state index contributed by atoms with van der Waals surface area (Å²) in [4.78, 5) is 63.0. The fourth-order valence-electron chi connectivity index (χ4n) is 6.58. The van der Waals surface area contributed by atoms with Crippen molar-refractivity contribution in [2.75, 3.05) is 0 Å². The topological polar surface area (TPSA) is 223 Å². The lowest BCUT2D eigenvalue weighted by atomic mass is 10.1. The number of esters is 2. The van der Waals surface area contributed by atoms with Crippen LogP contribution in [0.3, 0.4) is 0 Å². The van der Waals surface area contributed by atoms with Crippen molar-refractivity contribution in [1.82, 2.24) is 0 Å². The van der Waals surface area contributed by atoms with Crippen molar-refractivity contribution in [2.45, 2.75) is 108 Å². The summed E-state index contributed by atoms with van der Waals surface area (Å²) in [6, 6.07) is 9.29. The highest BCUT2D eigenvalue weighted by Gasteiger charge is 2.85. The number of hydrogen-bond acceptors (Lipinski definition) is 11. The van der Waals surface area contributed by atoms with Gasteiger partial charge in [0.1, 0.15) is 12.2 Å². The number of aliphatic hydroxyl groups is 2. The number of benzene rings is 1. The minimum absolute atomic E-state index is 0.123. The summed E-state index contributed by atoms with van der Waals surface area (Å²) in [5.41, 5.74) is -6.27. The van der Waals surface area contributed by atoms with Crippen molar-refractivity contribution in [3.05, 3.63) is 60.2 Å². The highest BCUT2D eigenvalue weighted by Crippen LogP contribution is 2.56. The number of carboxylic acids is 3. The third-order valence-corrected chi connectivity index (χ3v) is 9.29. The van der Waals surface area contributed by atoms with E-state index in [1.807, 2.05) is 51.1 Å². The van der Waals surface area contributed by atoms with E-state index >= 15 is 0 Å². The van der Waals surface area contributed by atoms with Crippen LogP contribution < -0.4 is 0 Å². The van der Waals surface area contributed by atoms with Crippen LogP contribution >= 0.6 is 0 Å². The van der Waals surface area contributed by atoms with Gasteiger partial charge in [-0.2, -0.15) is 0 Å². The van der Waals surface area contributed by atoms with Gasteiger partial charge in [0.15, 0.2) is 6.10 Å². The van der Waals surface area contributed by atoms with E-state index in [9.17, 15) is 49.5 Å². The molecule has 3 rings (SSSR count). The van der Waals surface area contributed by atoms with Crippen LogP contribution in [0.1, 0.15) is 65.9 Å². The molecular formula is C35H46O14. The van der Waals surface area contributed by atoms with Gasteiger partial charge < -0.3 is 44.5 Å². The van der Waals surface area contributed by atoms with Crippen LogP contribution in [0.4, 0.5) is 0 Å². The third-order valence-electron chi connectivity index (χ3n) is 9.29. The smallest absolute Gasteiger partial charge is 0.344 e. The van der Waals surface area contributed by atoms with Crippen molar-refractivity contribution in [3.8, 4) is 0 Å². The van der Waals surface area contributed by atoms with Crippen molar-refractivity contribution >= 4 is 29.8 Å². The molecule has 2 bridgehead atoms. The molecule has 0 amide bonds. The van der Waals surface area contributed by atoms with E-state index < -0.39 is 77.7 Å². The number of hydrogen-bond donors (Lipinski definition) is 5. The minimum Gasteiger partial charge on any atom is -0.479 e. The molecule has 0 radical (unpaired) electrons. The average molecular weight is 704 g/mol. The molecule has 14 heteroatoms. The monoisotopic (exact) mass is 703 g/mol. The van der Waals surface area contributed by atoms with Gasteiger partial charge in [-0.15, -0.1) is 0 Å². The Kier molecular flexibility index (Phi) is 12.5. The summed E-state index contributed by atoms with van der Waals surface area (Å²) >= 11 is 0. The molecule has 0 unspecified atom stereocenters. The van der Waals surface area contributed by atoms with E-state index in [1.54, 1.807) is 6.92 Å². The molecule has 2 saturated heterocycles. The second kappa shape index (κ2) is 15.6. The largest absolute Gasteiger partial charge is 0.479 e. The standard InChI is InChI=1S/C35H46O14/c1-7-19(2)17-20(3)13-14-25(37)47-28-27(38)33(48-29(30(39)40)34(45,31(41)42)35(28,49-33)32(43)44)16-15-21(4)26(46-23(6)36)22(5)18-24-11-9-8-10-12-24/h8-14,19-20,22,26-29,38,45H,4,7,15-18H2,1-3,5-6H3,(H,39,40)(H,41,42)(H,43,44)/b14-13+/t19-,20+,22+,26-,27-,28-,29-,33+,34-,35+/m1/s1/i1+1,14+1,16+1,19+1,20+1,21+1,22+1,27+1,29+1,30+1,31+1,34+1,35+1. The quantitative estimate of drug-likeness (QED) is 0.0681. The summed E-state index contributed by atoms with van der Waals surface area (Å²) in [5, 5.41) is 53.5. The highest BCUT2D eigenvalue weighted by molar-refractivity contribution is 5.98. The second-order valence-corrected chi connectivity index (χ2v) is 13.1. The molecule has 2 fully saturated rings. The van der Waals surface area contributed by atoms with Gasteiger partial charge in [-0.3, -0.25) is 4.79 Å². The normalized spacial score (nSPS) is 30.1. The first-order chi connectivity index (χ1) is 22.9. The summed E-state index contributed by atoms with van der Waals surface area (Å²) < 4.78 is 22.0. The van der Waals surface area contributed by atoms with Crippen LogP contribution in [0.15, 0.2) is 54.6 Å². The first-order valence-corrected chi connectivity index (χ1v) is 16.1. The predicted octanol–water partition coefficient (Wildman–Crippen LogP) is 2.88. The molecule has 2 aliphatic heterocycles. The van der Waals surface area contributed by atoms with Crippen molar-refractivity contribution in [2.24, 2.45) is 17.8 Å². The number of carbonyl (C=O) groups excluding carboxylic acids is 2. The summed E-state index contributed by atoms with van der Waals surface area (Å²) in [5.74, 6) is -11.3. The Morgan fingerprint density at radius 2 is 1.67 bits per heavy atom. The van der Waals surface area contributed by atoms with E-state index in [0.717, 1.165) is 18.1 Å². The number of carbonyl (C=O) groups is 5. The van der Waals surface area contributed by atoms with Crippen molar-refractivity contribution in [1.29, 1.82) is 0 Å². The van der Waals surface area contributed by atoms with Gasteiger partial charge in [0, 0.05) is 25.3 Å². The van der Waals surface area contributed by atoms with Gasteiger partial charge in [-0.05, 0) is 42.2 Å². The molecule has 49 heavy (non-hydrogen) atoms. The molecule has 2 aliphatic rings. The molecule has 270 valence electrons. The number of aliphatic hydroxyl groups excluding tert-OH is 1. The Hall–Kier alpha value is -4.11. The number of aliphatic carboxylic acids is 3. The third kappa shape index (κ3) is 7.88. The van der Waals surface area contributed by atoms with Crippen LogP contribution in [-0.2, 0) is 49.3 Å². The zero-order chi connectivity index (χ0) is 36.9. The second-order valence-electron chi connectivity index (χ2n) is 13.1. The van der Waals surface area contributed by atoms with E-state index in [4.69, 9.17) is 18.9 Å². The van der Waals surface area contributed by atoms with Crippen LogP contribution in [0, 0.1) is 17.8 Å². The summed E-state index contributed by atoms with van der Waals surface area (Å²) in [6.45, 7) is 12.9. The lowest BCUT2D eigenvalue weighted by Crippen LogP contribution is -2.78. The van der Waals surface area contributed by atoms with E-state index in [-0.39, 0.29) is 23.8 Å². The number of ether oxygens (including phenoxy) is 4. The van der Waals surface area contributed by atoms with Crippen molar-refractivity contribution < 1.29 is 68.5 Å². The van der Waals surface area contributed by atoms with Gasteiger partial charge in [-0.25, -0.2) is 19.2 Å². The van der Waals surface area contributed by atoms with Crippen molar-refractivity contribution in [3.63, 3.8) is 0 Å². The Morgan fingerprint density at radius 3 is 2.20 bits per heavy atom. The average Bonchev–Trinajstić information content (AvgIpc) is 3.25. The Morgan fingerprint density at radius 1 is 1.04 bits per heavy atom. The molecule has 0 aromatic heterocycles. The molecule has 0 spiro atoms. The maximum atomic E-state index is 13.0. The lowest BCUT2D eigenvalue weighted by Gasteiger charge is -2.48. The summed E-state index contributed by atoms with van der Waals surface area (Å²) in [6.07, 6.45) is -4.83. The molecule has 14 nitrogen and oxygen atoms in total. The number of rotatable bonds is 17. The number of allylic oxidation sites excluding steroid dienone is 1. The molecule has 1 aromatic carbocycles. The highest BCUT2D eigenvalue weighted by atomic mass is 16.9. The number of carboxylic acid groups (broad SMARTS) is 3. The van der Waals surface area contributed by atoms with Crippen LogP contribution in [0.25, 0.3) is 0 Å². The molecule has 1 aromatic rings. The van der Waals surface area contributed by atoms with E-state index in [1.165, 1.54) is 13.0 Å². The Labute approximate surface area is 284 Å². The molecule has 5 N–H and O–H groups in total. The van der Waals surface area contributed by atoms with Gasteiger partial charge in [-0.1, -0.05) is 77.1 Å². The minimum atomic E-state index is -3.90.